The van der Waals surface area contributed by atoms with Crippen LogP contribution in [0.4, 0.5) is 0 Å². The molecule has 4 unspecified atom stereocenters. The lowest BCUT2D eigenvalue weighted by Gasteiger charge is -2.18. The predicted molar refractivity (Wildman–Crippen MR) is 64.2 cm³/mol. The van der Waals surface area contributed by atoms with E-state index < -0.39 is 41.8 Å². The maximum atomic E-state index is 11.7. The van der Waals surface area contributed by atoms with E-state index in [2.05, 4.69) is 4.98 Å². The molecular formula is C11H14N2O7. The second-order valence-electron chi connectivity index (χ2n) is 4.62. The Labute approximate surface area is 112 Å². The minimum Gasteiger partial charge on any atom is -0.479 e. The third-order valence-corrected chi connectivity index (χ3v) is 3.16. The summed E-state index contributed by atoms with van der Waals surface area (Å²) < 4.78 is 6.27. The summed E-state index contributed by atoms with van der Waals surface area (Å²) in [4.78, 5) is 35.7. The second kappa shape index (κ2) is 5.19. The van der Waals surface area contributed by atoms with Crippen molar-refractivity contribution in [1.82, 2.24) is 9.55 Å². The van der Waals surface area contributed by atoms with Crippen LogP contribution < -0.4 is 11.2 Å². The van der Waals surface area contributed by atoms with Gasteiger partial charge in [-0.15, -0.1) is 0 Å². The number of aliphatic hydroxyl groups excluding tert-OH is 2. The van der Waals surface area contributed by atoms with E-state index in [-0.39, 0.29) is 12.0 Å². The van der Waals surface area contributed by atoms with Crippen LogP contribution >= 0.6 is 0 Å². The maximum Gasteiger partial charge on any atom is 0.335 e. The Bertz CT molecular complexity index is 634. The van der Waals surface area contributed by atoms with E-state index in [1.165, 1.54) is 13.1 Å². The SMILES string of the molecule is Cc1cn(C2CC(O)C(C(O)C(=O)O)O2)c(=O)[nH]c1=O. The predicted octanol–water partition coefficient (Wildman–Crippen LogP) is -2.06. The molecule has 0 bridgehead atoms. The van der Waals surface area contributed by atoms with Crippen LogP contribution in [0, 0.1) is 6.92 Å². The lowest BCUT2D eigenvalue weighted by molar-refractivity contribution is -0.160. The van der Waals surface area contributed by atoms with Gasteiger partial charge in [-0.25, -0.2) is 9.59 Å². The number of hydrogen-bond donors (Lipinski definition) is 4. The lowest BCUT2D eigenvalue weighted by Crippen LogP contribution is -2.40. The summed E-state index contributed by atoms with van der Waals surface area (Å²) in [7, 11) is 0. The van der Waals surface area contributed by atoms with Gasteiger partial charge in [0.05, 0.1) is 6.10 Å². The summed E-state index contributed by atoms with van der Waals surface area (Å²) in [5.74, 6) is -1.53. The lowest BCUT2D eigenvalue weighted by atomic mass is 10.1. The Balaban J connectivity index is 2.29. The van der Waals surface area contributed by atoms with E-state index in [0.29, 0.717) is 0 Å². The zero-order valence-corrected chi connectivity index (χ0v) is 10.5. The normalized spacial score (nSPS) is 27.4. The minimum atomic E-state index is -1.89. The van der Waals surface area contributed by atoms with Crippen LogP contribution in [0.1, 0.15) is 18.2 Å². The van der Waals surface area contributed by atoms with Gasteiger partial charge in [0.2, 0.25) is 0 Å². The fourth-order valence-electron chi connectivity index (χ4n) is 2.07. The number of aryl methyl sites for hydroxylation is 1. The average molecular weight is 286 g/mol. The van der Waals surface area contributed by atoms with E-state index in [0.717, 1.165) is 4.57 Å². The van der Waals surface area contributed by atoms with Gasteiger partial charge in [-0.3, -0.25) is 14.3 Å². The maximum absolute atomic E-state index is 11.7. The quantitative estimate of drug-likeness (QED) is 0.500. The van der Waals surface area contributed by atoms with Crippen LogP contribution in [-0.4, -0.2) is 49.2 Å². The number of carboxylic acids is 1. The Morgan fingerprint density at radius 3 is 2.80 bits per heavy atom. The Kier molecular flexibility index (Phi) is 3.75. The van der Waals surface area contributed by atoms with E-state index in [1.54, 1.807) is 0 Å². The first kappa shape index (κ1) is 14.4. The number of aromatic nitrogens is 2. The molecule has 2 rings (SSSR count). The first-order chi connectivity index (χ1) is 9.31. The number of nitrogens with one attached hydrogen (secondary N) is 1. The highest BCUT2D eigenvalue weighted by Crippen LogP contribution is 2.29. The van der Waals surface area contributed by atoms with Crippen molar-refractivity contribution in [2.45, 2.75) is 37.9 Å². The van der Waals surface area contributed by atoms with Crippen LogP contribution in [0.5, 0.6) is 0 Å². The summed E-state index contributed by atoms with van der Waals surface area (Å²) in [5, 5.41) is 27.8. The van der Waals surface area contributed by atoms with Crippen molar-refractivity contribution < 1.29 is 24.9 Å². The molecule has 110 valence electrons. The number of ether oxygens (including phenoxy) is 1. The molecule has 1 saturated heterocycles. The number of rotatable bonds is 3. The molecular weight excluding hydrogens is 272 g/mol. The smallest absolute Gasteiger partial charge is 0.335 e. The van der Waals surface area contributed by atoms with Crippen molar-refractivity contribution in [3.8, 4) is 0 Å². The summed E-state index contributed by atoms with van der Waals surface area (Å²) in [6, 6.07) is 0. The van der Waals surface area contributed by atoms with Crippen molar-refractivity contribution in [2.75, 3.05) is 0 Å². The molecule has 0 aromatic carbocycles. The van der Waals surface area contributed by atoms with Crippen molar-refractivity contribution in [2.24, 2.45) is 0 Å². The zero-order valence-electron chi connectivity index (χ0n) is 10.5. The highest BCUT2D eigenvalue weighted by atomic mass is 16.5. The highest BCUT2D eigenvalue weighted by molar-refractivity contribution is 5.72. The van der Waals surface area contributed by atoms with Gasteiger partial charge in [-0.05, 0) is 6.92 Å². The molecule has 0 spiro atoms. The van der Waals surface area contributed by atoms with E-state index in [4.69, 9.17) is 9.84 Å². The molecule has 0 amide bonds. The number of nitrogens with zero attached hydrogens (tertiary/aromatic N) is 1. The van der Waals surface area contributed by atoms with Crippen LogP contribution in [0.15, 0.2) is 15.8 Å². The molecule has 0 aliphatic carbocycles. The molecule has 0 saturated carbocycles. The van der Waals surface area contributed by atoms with Crippen molar-refractivity contribution >= 4 is 5.97 Å². The summed E-state index contributed by atoms with van der Waals surface area (Å²) in [6.45, 7) is 1.49. The molecule has 1 aromatic heterocycles. The molecule has 4 atom stereocenters. The van der Waals surface area contributed by atoms with Gasteiger partial charge >= 0.3 is 11.7 Å². The molecule has 0 radical (unpaired) electrons. The van der Waals surface area contributed by atoms with E-state index in [9.17, 15) is 24.6 Å². The summed E-state index contributed by atoms with van der Waals surface area (Å²) in [6.07, 6.45) is -4.22. The van der Waals surface area contributed by atoms with Gasteiger partial charge in [-0.1, -0.05) is 0 Å². The monoisotopic (exact) mass is 286 g/mol. The number of aliphatic carboxylic acids is 1. The molecule has 1 aromatic rings. The molecule has 9 nitrogen and oxygen atoms in total. The summed E-state index contributed by atoms with van der Waals surface area (Å²) in [5.41, 5.74) is -1.000. The number of aromatic amines is 1. The molecule has 1 aliphatic heterocycles. The summed E-state index contributed by atoms with van der Waals surface area (Å²) >= 11 is 0. The van der Waals surface area contributed by atoms with Crippen molar-refractivity contribution in [3.63, 3.8) is 0 Å². The fraction of sp³-hybridized carbons (Fsp3) is 0.545. The fourth-order valence-corrected chi connectivity index (χ4v) is 2.07. The Hall–Kier alpha value is -1.97. The first-order valence-electron chi connectivity index (χ1n) is 5.87. The molecule has 1 fully saturated rings. The number of carboxylic acid groups (broad SMARTS) is 1. The van der Waals surface area contributed by atoms with Gasteiger partial charge in [0, 0.05) is 18.2 Å². The topological polar surface area (TPSA) is 142 Å². The van der Waals surface area contributed by atoms with Gasteiger partial charge < -0.3 is 20.1 Å². The number of aliphatic hydroxyl groups is 2. The molecule has 9 heteroatoms. The van der Waals surface area contributed by atoms with Crippen LogP contribution in [0.2, 0.25) is 0 Å². The molecule has 4 N–H and O–H groups in total. The van der Waals surface area contributed by atoms with Crippen molar-refractivity contribution in [1.29, 1.82) is 0 Å². The Morgan fingerprint density at radius 1 is 1.55 bits per heavy atom. The third kappa shape index (κ3) is 2.50. The molecule has 2 heterocycles. The number of hydrogen-bond acceptors (Lipinski definition) is 6. The second-order valence-corrected chi connectivity index (χ2v) is 4.62. The first-order valence-corrected chi connectivity index (χ1v) is 5.87. The zero-order chi connectivity index (χ0) is 15.0. The Morgan fingerprint density at radius 2 is 2.20 bits per heavy atom. The number of H-pyrrole nitrogens is 1. The van der Waals surface area contributed by atoms with Gasteiger partial charge in [-0.2, -0.15) is 0 Å². The van der Waals surface area contributed by atoms with Gasteiger partial charge in [0.1, 0.15) is 12.3 Å². The van der Waals surface area contributed by atoms with Crippen LogP contribution in [0.3, 0.4) is 0 Å². The van der Waals surface area contributed by atoms with E-state index in [1.807, 2.05) is 0 Å². The molecule has 20 heavy (non-hydrogen) atoms. The van der Waals surface area contributed by atoms with Crippen LogP contribution in [0.25, 0.3) is 0 Å². The van der Waals surface area contributed by atoms with E-state index >= 15 is 0 Å². The van der Waals surface area contributed by atoms with Crippen LogP contribution in [-0.2, 0) is 9.53 Å². The minimum absolute atomic E-state index is 0.0691. The van der Waals surface area contributed by atoms with Gasteiger partial charge in [0.15, 0.2) is 6.10 Å². The largest absolute Gasteiger partial charge is 0.479 e. The third-order valence-electron chi connectivity index (χ3n) is 3.16. The number of carbonyl (C=O) groups is 1. The highest BCUT2D eigenvalue weighted by Gasteiger charge is 2.42. The van der Waals surface area contributed by atoms with Gasteiger partial charge in [0.25, 0.3) is 5.56 Å². The standard InChI is InChI=1S/C11H14N2O7/c1-4-3-13(11(19)12-9(4)16)6-2-5(14)8(20-6)7(15)10(17)18/h3,5-8,14-15H,2H2,1H3,(H,17,18)(H,12,16,19). The average Bonchev–Trinajstić information content (AvgIpc) is 2.74. The van der Waals surface area contributed by atoms with Crippen molar-refractivity contribution in [3.05, 3.63) is 32.6 Å². The molecule has 1 aliphatic rings.